The molecule has 2 rings (SSSR count). The molecule has 0 spiro atoms. The van der Waals surface area contributed by atoms with E-state index in [9.17, 15) is 9.90 Å². The summed E-state index contributed by atoms with van der Waals surface area (Å²) in [7, 11) is 0. The molecule has 0 saturated carbocycles. The van der Waals surface area contributed by atoms with Crippen LogP contribution in [0.25, 0.3) is 0 Å². The molecule has 1 aromatic heterocycles. The molecule has 0 amide bonds. The van der Waals surface area contributed by atoms with Crippen molar-refractivity contribution in [3.8, 4) is 0 Å². The van der Waals surface area contributed by atoms with E-state index in [1.807, 2.05) is 19.9 Å². The lowest BCUT2D eigenvalue weighted by atomic mass is 9.94. The first-order valence-electron chi connectivity index (χ1n) is 6.88. The molecule has 0 aromatic carbocycles. The van der Waals surface area contributed by atoms with Gasteiger partial charge in [-0.1, -0.05) is 6.92 Å². The van der Waals surface area contributed by atoms with Crippen molar-refractivity contribution in [3.63, 3.8) is 0 Å². The quantitative estimate of drug-likeness (QED) is 0.890. The van der Waals surface area contributed by atoms with Crippen molar-refractivity contribution in [1.82, 2.24) is 4.98 Å². The van der Waals surface area contributed by atoms with Crippen molar-refractivity contribution in [1.29, 1.82) is 0 Å². The zero-order chi connectivity index (χ0) is 14.2. The average Bonchev–Trinajstić information content (AvgIpc) is 2.30. The molecule has 2 unspecified atom stereocenters. The van der Waals surface area contributed by atoms with E-state index in [1.165, 1.54) is 6.42 Å². The van der Waals surface area contributed by atoms with Crippen molar-refractivity contribution in [2.45, 2.75) is 46.6 Å². The third-order valence-corrected chi connectivity index (χ3v) is 3.93. The van der Waals surface area contributed by atoms with E-state index in [0.29, 0.717) is 23.3 Å². The van der Waals surface area contributed by atoms with Gasteiger partial charge in [-0.3, -0.25) is 0 Å². The maximum absolute atomic E-state index is 11.5. The van der Waals surface area contributed by atoms with E-state index < -0.39 is 5.97 Å². The highest BCUT2D eigenvalue weighted by atomic mass is 16.4. The summed E-state index contributed by atoms with van der Waals surface area (Å²) in [5, 5.41) is 9.45. The second-order valence-corrected chi connectivity index (χ2v) is 5.77. The SMILES string of the molecule is Cc1cc(C)c(C(=O)O)c(N2CC(C)CCC2C)n1. The van der Waals surface area contributed by atoms with E-state index >= 15 is 0 Å². The lowest BCUT2D eigenvalue weighted by Gasteiger charge is -2.38. The zero-order valence-corrected chi connectivity index (χ0v) is 12.1. The van der Waals surface area contributed by atoms with Crippen LogP contribution in [0, 0.1) is 19.8 Å². The number of nitrogens with zero attached hydrogens (tertiary/aromatic N) is 2. The van der Waals surface area contributed by atoms with Crippen molar-refractivity contribution in [3.05, 3.63) is 22.9 Å². The average molecular weight is 262 g/mol. The van der Waals surface area contributed by atoms with Gasteiger partial charge >= 0.3 is 5.97 Å². The summed E-state index contributed by atoms with van der Waals surface area (Å²) in [6, 6.07) is 2.19. The van der Waals surface area contributed by atoms with E-state index in [4.69, 9.17) is 0 Å². The van der Waals surface area contributed by atoms with Gasteiger partial charge in [-0.25, -0.2) is 9.78 Å². The lowest BCUT2D eigenvalue weighted by molar-refractivity contribution is 0.0696. The smallest absolute Gasteiger partial charge is 0.339 e. The van der Waals surface area contributed by atoms with Gasteiger partial charge in [-0.15, -0.1) is 0 Å². The summed E-state index contributed by atoms with van der Waals surface area (Å²) in [6.07, 6.45) is 2.29. The van der Waals surface area contributed by atoms with Crippen LogP contribution in [0.3, 0.4) is 0 Å². The van der Waals surface area contributed by atoms with Crippen molar-refractivity contribution in [2.75, 3.05) is 11.4 Å². The second kappa shape index (κ2) is 5.19. The normalized spacial score (nSPS) is 23.5. The van der Waals surface area contributed by atoms with E-state index in [0.717, 1.165) is 24.2 Å². The number of pyridine rings is 1. The molecule has 2 heterocycles. The molecule has 4 heteroatoms. The number of piperidine rings is 1. The van der Waals surface area contributed by atoms with Gasteiger partial charge in [0.2, 0.25) is 0 Å². The van der Waals surface area contributed by atoms with Gasteiger partial charge in [-0.05, 0) is 51.2 Å². The highest BCUT2D eigenvalue weighted by Crippen LogP contribution is 2.30. The molecule has 1 aromatic rings. The van der Waals surface area contributed by atoms with Gasteiger partial charge in [0.15, 0.2) is 0 Å². The van der Waals surface area contributed by atoms with Crippen LogP contribution in [0.4, 0.5) is 5.82 Å². The zero-order valence-electron chi connectivity index (χ0n) is 12.1. The topological polar surface area (TPSA) is 53.4 Å². The van der Waals surface area contributed by atoms with Gasteiger partial charge in [0.1, 0.15) is 11.4 Å². The number of rotatable bonds is 2. The van der Waals surface area contributed by atoms with Crippen molar-refractivity contribution >= 4 is 11.8 Å². The molecule has 1 aliphatic rings. The maximum Gasteiger partial charge on any atom is 0.339 e. The highest BCUT2D eigenvalue weighted by molar-refractivity contribution is 5.95. The molecule has 1 saturated heterocycles. The van der Waals surface area contributed by atoms with Crippen molar-refractivity contribution in [2.24, 2.45) is 5.92 Å². The number of anilines is 1. The Balaban J connectivity index is 2.50. The number of hydrogen-bond acceptors (Lipinski definition) is 3. The maximum atomic E-state index is 11.5. The molecular formula is C15H22N2O2. The molecule has 1 N–H and O–H groups in total. The van der Waals surface area contributed by atoms with E-state index in [2.05, 4.69) is 23.7 Å². The number of aromatic carboxylic acids is 1. The van der Waals surface area contributed by atoms with Crippen LogP contribution < -0.4 is 4.90 Å². The minimum atomic E-state index is -0.884. The Labute approximate surface area is 114 Å². The summed E-state index contributed by atoms with van der Waals surface area (Å²) in [4.78, 5) is 18.2. The second-order valence-electron chi connectivity index (χ2n) is 5.77. The molecule has 0 aliphatic carbocycles. The van der Waals surface area contributed by atoms with Crippen LogP contribution in [-0.2, 0) is 0 Å². The number of carboxylic acids is 1. The van der Waals surface area contributed by atoms with E-state index in [1.54, 1.807) is 0 Å². The molecule has 1 fully saturated rings. The van der Waals surface area contributed by atoms with E-state index in [-0.39, 0.29) is 0 Å². The number of aryl methyl sites for hydroxylation is 2. The van der Waals surface area contributed by atoms with Crippen LogP contribution in [0.2, 0.25) is 0 Å². The minimum absolute atomic E-state index is 0.350. The lowest BCUT2D eigenvalue weighted by Crippen LogP contribution is -2.42. The Morgan fingerprint density at radius 2 is 2.05 bits per heavy atom. The summed E-state index contributed by atoms with van der Waals surface area (Å²) >= 11 is 0. The number of hydrogen-bond donors (Lipinski definition) is 1. The first kappa shape index (κ1) is 13.8. The molecule has 4 nitrogen and oxygen atoms in total. The molecule has 2 atom stereocenters. The van der Waals surface area contributed by atoms with Gasteiger partial charge < -0.3 is 10.0 Å². The van der Waals surface area contributed by atoms with Gasteiger partial charge in [0.05, 0.1) is 0 Å². The fourth-order valence-corrected chi connectivity index (χ4v) is 2.87. The van der Waals surface area contributed by atoms with Crippen LogP contribution >= 0.6 is 0 Å². The third kappa shape index (κ3) is 2.72. The first-order valence-corrected chi connectivity index (χ1v) is 6.88. The predicted octanol–water partition coefficient (Wildman–Crippen LogP) is 3.02. The van der Waals surface area contributed by atoms with Crippen LogP contribution in [0.5, 0.6) is 0 Å². The van der Waals surface area contributed by atoms with Crippen molar-refractivity contribution < 1.29 is 9.90 Å². The summed E-state index contributed by atoms with van der Waals surface area (Å²) in [5.74, 6) is 0.343. The summed E-state index contributed by atoms with van der Waals surface area (Å²) < 4.78 is 0. The van der Waals surface area contributed by atoms with Gasteiger partial charge in [0.25, 0.3) is 0 Å². The number of carbonyl (C=O) groups is 1. The monoisotopic (exact) mass is 262 g/mol. The summed E-state index contributed by atoms with van der Waals surface area (Å²) in [5.41, 5.74) is 2.02. The van der Waals surface area contributed by atoms with Gasteiger partial charge in [0, 0.05) is 18.3 Å². The predicted molar refractivity (Wildman–Crippen MR) is 75.9 cm³/mol. The summed E-state index contributed by atoms with van der Waals surface area (Å²) in [6.45, 7) is 9.01. The fourth-order valence-electron chi connectivity index (χ4n) is 2.87. The Kier molecular flexibility index (Phi) is 3.78. The Hall–Kier alpha value is -1.58. The number of carboxylic acid groups (broad SMARTS) is 1. The molecule has 0 radical (unpaired) electrons. The molecule has 19 heavy (non-hydrogen) atoms. The Bertz CT molecular complexity index is 499. The Morgan fingerprint density at radius 3 is 2.68 bits per heavy atom. The largest absolute Gasteiger partial charge is 0.478 e. The molecule has 0 bridgehead atoms. The standard InChI is InChI=1S/C15H22N2O2/c1-9-5-6-12(4)17(8-9)14-13(15(18)19)10(2)7-11(3)16-14/h7,9,12H,5-6,8H2,1-4H3,(H,18,19). The fraction of sp³-hybridized carbons (Fsp3) is 0.600. The van der Waals surface area contributed by atoms with Crippen LogP contribution in [0.1, 0.15) is 48.3 Å². The number of aromatic nitrogens is 1. The Morgan fingerprint density at radius 1 is 1.37 bits per heavy atom. The molecule has 1 aliphatic heterocycles. The molecular weight excluding hydrogens is 240 g/mol. The van der Waals surface area contributed by atoms with Crippen LogP contribution in [-0.4, -0.2) is 28.6 Å². The minimum Gasteiger partial charge on any atom is -0.478 e. The highest BCUT2D eigenvalue weighted by Gasteiger charge is 2.28. The third-order valence-electron chi connectivity index (χ3n) is 3.93. The van der Waals surface area contributed by atoms with Crippen LogP contribution in [0.15, 0.2) is 6.07 Å². The van der Waals surface area contributed by atoms with Gasteiger partial charge in [-0.2, -0.15) is 0 Å². The first-order chi connectivity index (χ1) is 8.90. The molecule has 104 valence electrons.